The Morgan fingerprint density at radius 3 is 2.71 bits per heavy atom. The van der Waals surface area contributed by atoms with E-state index >= 15 is 0 Å². The first-order valence-electron chi connectivity index (χ1n) is 10.2. The van der Waals surface area contributed by atoms with Crippen LogP contribution in [0.4, 0.5) is 0 Å². The van der Waals surface area contributed by atoms with E-state index in [4.69, 9.17) is 0 Å². The van der Waals surface area contributed by atoms with Gasteiger partial charge in [-0.3, -0.25) is 9.59 Å². The fourth-order valence-electron chi connectivity index (χ4n) is 3.69. The molecule has 3 heterocycles. The van der Waals surface area contributed by atoms with Gasteiger partial charge >= 0.3 is 0 Å². The molecule has 2 aromatic rings. The molecule has 0 unspecified atom stereocenters. The monoisotopic (exact) mass is 384 g/mol. The molecule has 0 aromatic carbocycles. The Morgan fingerprint density at radius 1 is 1.29 bits per heavy atom. The molecule has 2 fully saturated rings. The van der Waals surface area contributed by atoms with E-state index in [9.17, 15) is 9.59 Å². The third kappa shape index (κ3) is 4.01. The van der Waals surface area contributed by atoms with Gasteiger partial charge in [0, 0.05) is 38.3 Å². The van der Waals surface area contributed by atoms with Crippen molar-refractivity contribution in [3.63, 3.8) is 0 Å². The predicted molar refractivity (Wildman–Crippen MR) is 106 cm³/mol. The number of amides is 2. The third-order valence-electron chi connectivity index (χ3n) is 5.38. The van der Waals surface area contributed by atoms with E-state index in [0.29, 0.717) is 48.1 Å². The fraction of sp³-hybridized carbons (Fsp3) is 0.600. The van der Waals surface area contributed by atoms with Crippen LogP contribution >= 0.6 is 0 Å². The van der Waals surface area contributed by atoms with Crippen LogP contribution < -0.4 is 10.6 Å². The van der Waals surface area contributed by atoms with Crippen molar-refractivity contribution in [2.75, 3.05) is 26.2 Å². The van der Waals surface area contributed by atoms with Gasteiger partial charge in [-0.25, -0.2) is 9.97 Å². The molecule has 0 spiro atoms. The summed E-state index contributed by atoms with van der Waals surface area (Å²) in [5, 5.41) is 6.22. The van der Waals surface area contributed by atoms with Gasteiger partial charge in [0.15, 0.2) is 5.65 Å². The molecule has 0 bridgehead atoms. The van der Waals surface area contributed by atoms with Crippen LogP contribution in [0.5, 0.6) is 0 Å². The molecule has 28 heavy (non-hydrogen) atoms. The highest BCUT2D eigenvalue weighted by Crippen LogP contribution is 2.39. The molecule has 1 aliphatic heterocycles. The Balaban J connectivity index is 1.54. The maximum atomic E-state index is 13.0. The summed E-state index contributed by atoms with van der Waals surface area (Å²) < 4.78 is 0. The first-order chi connectivity index (χ1) is 13.5. The van der Waals surface area contributed by atoms with Crippen molar-refractivity contribution in [1.29, 1.82) is 0 Å². The standard InChI is InChI=1S/C20H28N6O2/c1-12(2)9-15(20(28)26-7-5-21-6-8-26)25-19(27)14-10-22-18-17(14)24-16(11-23-18)13-3-4-13/h10-13,15,21H,3-9H2,1-2H3,(H,22,23)(H,25,27)/t15-/m1/s1. The van der Waals surface area contributed by atoms with E-state index in [1.807, 2.05) is 4.90 Å². The van der Waals surface area contributed by atoms with Gasteiger partial charge in [-0.2, -0.15) is 0 Å². The van der Waals surface area contributed by atoms with Crippen molar-refractivity contribution >= 4 is 23.0 Å². The smallest absolute Gasteiger partial charge is 0.255 e. The lowest BCUT2D eigenvalue weighted by molar-refractivity contribution is -0.134. The predicted octanol–water partition coefficient (Wildman–Crippen LogP) is 1.41. The lowest BCUT2D eigenvalue weighted by Crippen LogP contribution is -2.54. The SMILES string of the molecule is CC(C)C[C@@H](NC(=O)c1c[nH]c2ncc(C3CC3)nc12)C(=O)N1CCNCC1. The quantitative estimate of drug-likeness (QED) is 0.699. The van der Waals surface area contributed by atoms with Crippen LogP contribution in [0.15, 0.2) is 12.4 Å². The molecule has 1 saturated heterocycles. The third-order valence-corrected chi connectivity index (χ3v) is 5.38. The van der Waals surface area contributed by atoms with Crippen LogP contribution in [0.1, 0.15) is 55.1 Å². The van der Waals surface area contributed by atoms with E-state index < -0.39 is 6.04 Å². The summed E-state index contributed by atoms with van der Waals surface area (Å²) in [7, 11) is 0. The molecule has 0 radical (unpaired) electrons. The van der Waals surface area contributed by atoms with Crippen LogP contribution in [0.3, 0.4) is 0 Å². The van der Waals surface area contributed by atoms with E-state index in [1.165, 1.54) is 0 Å². The summed E-state index contributed by atoms with van der Waals surface area (Å²) >= 11 is 0. The van der Waals surface area contributed by atoms with Crippen molar-refractivity contribution < 1.29 is 9.59 Å². The number of rotatable bonds is 6. The molecule has 1 aliphatic carbocycles. The summed E-state index contributed by atoms with van der Waals surface area (Å²) in [6.45, 7) is 7.04. The number of nitrogens with zero attached hydrogens (tertiary/aromatic N) is 3. The first-order valence-corrected chi connectivity index (χ1v) is 10.2. The van der Waals surface area contributed by atoms with Crippen molar-refractivity contribution in [1.82, 2.24) is 30.5 Å². The zero-order valence-electron chi connectivity index (χ0n) is 16.5. The number of aromatic amines is 1. The van der Waals surface area contributed by atoms with Crippen LogP contribution in [0, 0.1) is 5.92 Å². The highest BCUT2D eigenvalue weighted by molar-refractivity contribution is 6.05. The van der Waals surface area contributed by atoms with Crippen molar-refractivity contribution in [3.05, 3.63) is 23.7 Å². The summed E-state index contributed by atoms with van der Waals surface area (Å²) in [6, 6.07) is -0.532. The number of hydrogen-bond donors (Lipinski definition) is 3. The van der Waals surface area contributed by atoms with Gasteiger partial charge in [-0.05, 0) is 25.2 Å². The molecule has 8 nitrogen and oxygen atoms in total. The van der Waals surface area contributed by atoms with Crippen LogP contribution in [0.2, 0.25) is 0 Å². The number of aromatic nitrogens is 3. The van der Waals surface area contributed by atoms with Gasteiger partial charge in [-0.1, -0.05) is 13.8 Å². The summed E-state index contributed by atoms with van der Waals surface area (Å²) in [6.07, 6.45) is 6.28. The minimum Gasteiger partial charge on any atom is -0.344 e. The Kier molecular flexibility index (Phi) is 5.30. The molecule has 1 atom stereocenters. The molecule has 8 heteroatoms. The molecule has 2 aromatic heterocycles. The number of H-pyrrole nitrogens is 1. The summed E-state index contributed by atoms with van der Waals surface area (Å²) in [5.74, 6) is 0.475. The zero-order chi connectivity index (χ0) is 19.7. The molecular formula is C20H28N6O2. The van der Waals surface area contributed by atoms with E-state index in [0.717, 1.165) is 31.6 Å². The van der Waals surface area contributed by atoms with Gasteiger partial charge in [0.05, 0.1) is 17.5 Å². The first kappa shape index (κ1) is 18.9. The average molecular weight is 384 g/mol. The Labute approximate surface area is 164 Å². The molecule has 150 valence electrons. The fourth-order valence-corrected chi connectivity index (χ4v) is 3.69. The largest absolute Gasteiger partial charge is 0.344 e. The molecule has 3 N–H and O–H groups in total. The Bertz CT molecular complexity index is 867. The van der Waals surface area contributed by atoms with E-state index in [1.54, 1.807) is 12.4 Å². The van der Waals surface area contributed by atoms with Gasteiger partial charge in [0.1, 0.15) is 11.6 Å². The number of nitrogens with one attached hydrogen (secondary N) is 3. The van der Waals surface area contributed by atoms with Crippen LogP contribution in [0.25, 0.3) is 11.2 Å². The van der Waals surface area contributed by atoms with Gasteiger partial charge in [0.25, 0.3) is 5.91 Å². The Hall–Kier alpha value is -2.48. The van der Waals surface area contributed by atoms with Gasteiger partial charge in [-0.15, -0.1) is 0 Å². The molecule has 2 aliphatic rings. The molecular weight excluding hydrogens is 356 g/mol. The minimum atomic E-state index is -0.532. The van der Waals surface area contributed by atoms with Gasteiger partial charge < -0.3 is 20.5 Å². The number of carbonyl (C=O) groups is 2. The minimum absolute atomic E-state index is 0.00635. The topological polar surface area (TPSA) is 103 Å². The maximum Gasteiger partial charge on any atom is 0.255 e. The molecule has 1 saturated carbocycles. The van der Waals surface area contributed by atoms with Crippen LogP contribution in [-0.2, 0) is 4.79 Å². The second-order valence-corrected chi connectivity index (χ2v) is 8.20. The second-order valence-electron chi connectivity index (χ2n) is 8.20. The number of carbonyl (C=O) groups excluding carboxylic acids is 2. The van der Waals surface area contributed by atoms with Crippen molar-refractivity contribution in [3.8, 4) is 0 Å². The molecule has 4 rings (SSSR count). The van der Waals surface area contributed by atoms with E-state index in [2.05, 4.69) is 39.4 Å². The van der Waals surface area contributed by atoms with Crippen molar-refractivity contribution in [2.24, 2.45) is 5.92 Å². The maximum absolute atomic E-state index is 13.0. The second kappa shape index (κ2) is 7.87. The van der Waals surface area contributed by atoms with Gasteiger partial charge in [0.2, 0.25) is 5.91 Å². The van der Waals surface area contributed by atoms with E-state index in [-0.39, 0.29) is 11.8 Å². The lowest BCUT2D eigenvalue weighted by atomic mass is 10.0. The number of fused-ring (bicyclic) bond motifs is 1. The Morgan fingerprint density at radius 2 is 2.04 bits per heavy atom. The lowest BCUT2D eigenvalue weighted by Gasteiger charge is -2.31. The zero-order valence-corrected chi connectivity index (χ0v) is 16.5. The average Bonchev–Trinajstić information content (AvgIpc) is 3.46. The highest BCUT2D eigenvalue weighted by Gasteiger charge is 2.30. The summed E-state index contributed by atoms with van der Waals surface area (Å²) in [5.41, 5.74) is 2.58. The van der Waals surface area contributed by atoms with Crippen LogP contribution in [-0.4, -0.2) is 63.9 Å². The highest BCUT2D eigenvalue weighted by atomic mass is 16.2. The number of hydrogen-bond acceptors (Lipinski definition) is 5. The summed E-state index contributed by atoms with van der Waals surface area (Å²) in [4.78, 5) is 39.9. The number of piperazine rings is 1. The van der Waals surface area contributed by atoms with Crippen molar-refractivity contribution in [2.45, 2.75) is 45.1 Å². The molecule has 2 amide bonds. The normalized spacial score (nSPS) is 18.5.